The fourth-order valence-electron chi connectivity index (χ4n) is 2.69. The van der Waals surface area contributed by atoms with Crippen LogP contribution >= 0.6 is 0 Å². The van der Waals surface area contributed by atoms with Crippen LogP contribution in [0.3, 0.4) is 0 Å². The van der Waals surface area contributed by atoms with Crippen molar-refractivity contribution in [2.45, 2.75) is 6.54 Å². The lowest BCUT2D eigenvalue weighted by atomic mass is 10.1. The Morgan fingerprint density at radius 1 is 1.26 bits per heavy atom. The van der Waals surface area contributed by atoms with E-state index in [1.54, 1.807) is 26.5 Å². The van der Waals surface area contributed by atoms with Gasteiger partial charge in [-0.1, -0.05) is 0 Å². The van der Waals surface area contributed by atoms with Gasteiger partial charge in [-0.25, -0.2) is 22.7 Å². The van der Waals surface area contributed by atoms with Gasteiger partial charge in [-0.15, -0.1) is 0 Å². The molecule has 1 atom stereocenters. The van der Waals surface area contributed by atoms with Crippen LogP contribution in [0.1, 0.15) is 5.56 Å². The molecule has 0 N–H and O–H groups in total. The number of rotatable bonds is 4. The van der Waals surface area contributed by atoms with E-state index in [0.717, 1.165) is 5.56 Å². The zero-order valence-electron chi connectivity index (χ0n) is 13.7. The summed E-state index contributed by atoms with van der Waals surface area (Å²) in [4.78, 5) is 23.9. The second-order valence-corrected chi connectivity index (χ2v) is 8.01. The van der Waals surface area contributed by atoms with Crippen molar-refractivity contribution in [3.05, 3.63) is 24.3 Å². The molecule has 0 unspecified atom stereocenters. The molecule has 0 aliphatic carbocycles. The molecule has 1 aliphatic rings. The summed E-state index contributed by atoms with van der Waals surface area (Å²) in [7, 11) is 0.0494. The Hall–Kier alpha value is -1.58. The molecular formula is C14H23N5O3S. The van der Waals surface area contributed by atoms with Gasteiger partial charge in [-0.05, 0) is 0 Å². The first-order valence-corrected chi connectivity index (χ1v) is 9.24. The predicted octanol–water partition coefficient (Wildman–Crippen LogP) is -0.742. The third kappa shape index (κ3) is 4.95. The van der Waals surface area contributed by atoms with E-state index >= 15 is 0 Å². The molecule has 9 heteroatoms. The van der Waals surface area contributed by atoms with Crippen molar-refractivity contribution in [2.75, 3.05) is 46.5 Å². The highest BCUT2D eigenvalue weighted by molar-refractivity contribution is 7.88. The molecule has 0 aromatic carbocycles. The van der Waals surface area contributed by atoms with Gasteiger partial charge in [0.05, 0.1) is 12.2 Å². The maximum absolute atomic E-state index is 12.4. The van der Waals surface area contributed by atoms with Crippen LogP contribution in [0.5, 0.6) is 0 Å². The minimum absolute atomic E-state index is 0.0603. The zero-order valence-corrected chi connectivity index (χ0v) is 14.5. The van der Waals surface area contributed by atoms with Gasteiger partial charge < -0.3 is 4.90 Å². The van der Waals surface area contributed by atoms with E-state index in [1.165, 1.54) is 21.8 Å². The summed E-state index contributed by atoms with van der Waals surface area (Å²) >= 11 is 0. The first-order valence-electron chi connectivity index (χ1n) is 7.40. The van der Waals surface area contributed by atoms with Crippen LogP contribution in [-0.2, 0) is 21.4 Å². The molecule has 8 nitrogen and oxygen atoms in total. The van der Waals surface area contributed by atoms with Crippen LogP contribution in [0.15, 0.2) is 18.7 Å². The first kappa shape index (κ1) is 17.8. The monoisotopic (exact) mass is 341 g/mol. The van der Waals surface area contributed by atoms with E-state index < -0.39 is 10.0 Å². The normalized spacial score (nSPS) is 20.9. The molecule has 1 aromatic heterocycles. The summed E-state index contributed by atoms with van der Waals surface area (Å²) in [6.07, 6.45) is 6.12. The van der Waals surface area contributed by atoms with Crippen molar-refractivity contribution in [3.8, 4) is 0 Å². The molecule has 0 saturated carbocycles. The summed E-state index contributed by atoms with van der Waals surface area (Å²) in [6.45, 7) is 2.27. The van der Waals surface area contributed by atoms with Crippen LogP contribution in [0.25, 0.3) is 0 Å². The lowest BCUT2D eigenvalue weighted by molar-refractivity contribution is -0.133. The molecule has 2 heterocycles. The lowest BCUT2D eigenvalue weighted by Gasteiger charge is -2.25. The zero-order chi connectivity index (χ0) is 17.0. The molecule has 1 aromatic rings. The van der Waals surface area contributed by atoms with Gasteiger partial charge in [0, 0.05) is 64.8 Å². The minimum Gasteiger partial charge on any atom is -0.348 e. The highest BCUT2D eigenvalue weighted by Gasteiger charge is 2.32. The van der Waals surface area contributed by atoms with E-state index in [1.807, 2.05) is 0 Å². The quantitative estimate of drug-likeness (QED) is 0.717. The summed E-state index contributed by atoms with van der Waals surface area (Å²) in [5, 5.41) is 0. The topological polar surface area (TPSA) is 86.7 Å². The Kier molecular flexibility index (Phi) is 5.66. The van der Waals surface area contributed by atoms with E-state index in [0.29, 0.717) is 26.2 Å². The Morgan fingerprint density at radius 2 is 1.91 bits per heavy atom. The van der Waals surface area contributed by atoms with E-state index in [9.17, 15) is 13.2 Å². The highest BCUT2D eigenvalue weighted by Crippen LogP contribution is 2.16. The standard InChI is InChI=1S/C14H23N5O3S/c1-17(2)14(20)13-9-18(8-12-6-15-11-16-7-12)4-5-19(10-13)23(3,21)22/h6-7,11,13H,4-5,8-10H2,1-3H3/t13-/m1/s1. The fraction of sp³-hybridized carbons (Fsp3) is 0.643. The molecule has 1 amide bonds. The molecule has 0 radical (unpaired) electrons. The van der Waals surface area contributed by atoms with Crippen molar-refractivity contribution in [3.63, 3.8) is 0 Å². The van der Waals surface area contributed by atoms with Crippen molar-refractivity contribution in [1.29, 1.82) is 0 Å². The second kappa shape index (κ2) is 7.33. The van der Waals surface area contributed by atoms with Gasteiger partial charge in [-0.2, -0.15) is 0 Å². The molecule has 1 fully saturated rings. The van der Waals surface area contributed by atoms with Gasteiger partial charge >= 0.3 is 0 Å². The SMILES string of the molecule is CN(C)C(=O)[C@@H]1CN(Cc2cncnc2)CCN(S(C)(=O)=O)C1. The molecule has 1 aliphatic heterocycles. The largest absolute Gasteiger partial charge is 0.348 e. The van der Waals surface area contributed by atoms with Crippen LogP contribution in [0.4, 0.5) is 0 Å². The number of nitrogens with zero attached hydrogens (tertiary/aromatic N) is 5. The number of hydrogen-bond acceptors (Lipinski definition) is 6. The van der Waals surface area contributed by atoms with Gasteiger partial charge in [0.25, 0.3) is 0 Å². The molecule has 2 rings (SSSR count). The second-order valence-electron chi connectivity index (χ2n) is 6.03. The number of amides is 1. The van der Waals surface area contributed by atoms with E-state index in [2.05, 4.69) is 14.9 Å². The number of carbonyl (C=O) groups excluding carboxylic acids is 1. The van der Waals surface area contributed by atoms with Crippen LogP contribution in [0, 0.1) is 5.92 Å². The molecular weight excluding hydrogens is 318 g/mol. The van der Waals surface area contributed by atoms with Crippen molar-refractivity contribution in [2.24, 2.45) is 5.92 Å². The highest BCUT2D eigenvalue weighted by atomic mass is 32.2. The minimum atomic E-state index is -3.33. The van der Waals surface area contributed by atoms with Gasteiger partial charge in [-0.3, -0.25) is 9.69 Å². The molecule has 23 heavy (non-hydrogen) atoms. The van der Waals surface area contributed by atoms with Gasteiger partial charge in [0.1, 0.15) is 6.33 Å². The predicted molar refractivity (Wildman–Crippen MR) is 85.9 cm³/mol. The average Bonchev–Trinajstić information content (AvgIpc) is 2.70. The van der Waals surface area contributed by atoms with Crippen molar-refractivity contribution >= 4 is 15.9 Å². The maximum atomic E-state index is 12.4. The first-order chi connectivity index (χ1) is 10.8. The third-order valence-corrected chi connectivity index (χ3v) is 5.12. The average molecular weight is 341 g/mol. The van der Waals surface area contributed by atoms with Gasteiger partial charge in [0.15, 0.2) is 0 Å². The summed E-state index contributed by atoms with van der Waals surface area (Å²) < 4.78 is 25.2. The molecule has 1 saturated heterocycles. The van der Waals surface area contributed by atoms with Crippen molar-refractivity contribution in [1.82, 2.24) is 24.1 Å². The lowest BCUT2D eigenvalue weighted by Crippen LogP contribution is -2.41. The fourth-order valence-corrected chi connectivity index (χ4v) is 3.55. The Morgan fingerprint density at radius 3 is 2.48 bits per heavy atom. The molecule has 0 bridgehead atoms. The smallest absolute Gasteiger partial charge is 0.227 e. The van der Waals surface area contributed by atoms with Crippen LogP contribution in [0.2, 0.25) is 0 Å². The summed E-state index contributed by atoms with van der Waals surface area (Å²) in [5.41, 5.74) is 0.941. The van der Waals surface area contributed by atoms with E-state index in [-0.39, 0.29) is 18.4 Å². The number of aromatic nitrogens is 2. The Balaban J connectivity index is 2.17. The van der Waals surface area contributed by atoms with Gasteiger partial charge in [0.2, 0.25) is 15.9 Å². The third-order valence-electron chi connectivity index (χ3n) is 3.85. The number of hydrogen-bond donors (Lipinski definition) is 0. The number of sulfonamides is 1. The van der Waals surface area contributed by atoms with Crippen LogP contribution in [-0.4, -0.2) is 84.9 Å². The number of carbonyl (C=O) groups is 1. The Labute approximate surface area is 137 Å². The van der Waals surface area contributed by atoms with Crippen LogP contribution < -0.4 is 0 Å². The molecule has 128 valence electrons. The molecule has 0 spiro atoms. The van der Waals surface area contributed by atoms with E-state index in [4.69, 9.17) is 0 Å². The summed E-state index contributed by atoms with van der Waals surface area (Å²) in [6, 6.07) is 0. The maximum Gasteiger partial charge on any atom is 0.227 e. The Bertz CT molecular complexity index is 635. The summed E-state index contributed by atoms with van der Waals surface area (Å²) in [5.74, 6) is -0.443. The van der Waals surface area contributed by atoms with Crippen molar-refractivity contribution < 1.29 is 13.2 Å².